The van der Waals surface area contributed by atoms with Crippen LogP contribution in [-0.2, 0) is 11.2 Å². The zero-order valence-electron chi connectivity index (χ0n) is 10.3. The highest BCUT2D eigenvalue weighted by Crippen LogP contribution is 2.28. The first-order valence-corrected chi connectivity index (χ1v) is 6.62. The zero-order chi connectivity index (χ0) is 12.3. The van der Waals surface area contributed by atoms with Gasteiger partial charge in [-0.15, -0.1) is 0 Å². The van der Waals surface area contributed by atoms with E-state index in [1.807, 2.05) is 18.2 Å². The van der Waals surface area contributed by atoms with Crippen LogP contribution in [-0.4, -0.2) is 18.2 Å². The molecule has 2 nitrogen and oxygen atoms in total. The molecule has 1 heterocycles. The van der Waals surface area contributed by atoms with Gasteiger partial charge in [0, 0.05) is 17.7 Å². The lowest BCUT2D eigenvalue weighted by Gasteiger charge is -2.38. The summed E-state index contributed by atoms with van der Waals surface area (Å²) in [6.45, 7) is 2.96. The smallest absolute Gasteiger partial charge is 0.0807 e. The summed E-state index contributed by atoms with van der Waals surface area (Å²) < 4.78 is 5.87. The van der Waals surface area contributed by atoms with E-state index in [1.54, 1.807) is 0 Å². The SMILES string of the molecule is CC1(C(N)Cc2cccc(Cl)c2)CCCCO1. The van der Waals surface area contributed by atoms with E-state index in [2.05, 4.69) is 13.0 Å². The summed E-state index contributed by atoms with van der Waals surface area (Å²) in [7, 11) is 0. The number of hydrogen-bond acceptors (Lipinski definition) is 2. The van der Waals surface area contributed by atoms with Crippen LogP contribution in [0.15, 0.2) is 24.3 Å². The Morgan fingerprint density at radius 1 is 1.47 bits per heavy atom. The van der Waals surface area contributed by atoms with Crippen LogP contribution in [0.2, 0.25) is 5.02 Å². The number of nitrogens with two attached hydrogens (primary N) is 1. The lowest BCUT2D eigenvalue weighted by Crippen LogP contribution is -2.50. The largest absolute Gasteiger partial charge is 0.374 e. The highest BCUT2D eigenvalue weighted by atomic mass is 35.5. The molecule has 2 N–H and O–H groups in total. The minimum absolute atomic E-state index is 0.0290. The van der Waals surface area contributed by atoms with Gasteiger partial charge in [0.15, 0.2) is 0 Å². The predicted octanol–water partition coefficient (Wildman–Crippen LogP) is 3.17. The maximum atomic E-state index is 6.30. The standard InChI is InChI=1S/C14H20ClNO/c1-14(7-2-3-8-17-14)13(16)10-11-5-4-6-12(15)9-11/h4-6,9,13H,2-3,7-8,10,16H2,1H3. The molecule has 0 spiro atoms. The van der Waals surface area contributed by atoms with Crippen molar-refractivity contribution < 1.29 is 4.74 Å². The van der Waals surface area contributed by atoms with Crippen LogP contribution < -0.4 is 5.73 Å². The molecule has 2 rings (SSSR count). The Labute approximate surface area is 108 Å². The Hall–Kier alpha value is -0.570. The second-order valence-corrected chi connectivity index (χ2v) is 5.50. The molecular formula is C14H20ClNO. The van der Waals surface area contributed by atoms with Crippen molar-refractivity contribution >= 4 is 11.6 Å². The molecular weight excluding hydrogens is 234 g/mol. The Bertz CT molecular complexity index is 374. The van der Waals surface area contributed by atoms with Gasteiger partial charge >= 0.3 is 0 Å². The summed E-state index contributed by atoms with van der Waals surface area (Å²) in [4.78, 5) is 0. The second-order valence-electron chi connectivity index (χ2n) is 5.06. The van der Waals surface area contributed by atoms with Gasteiger partial charge in [-0.2, -0.15) is 0 Å². The van der Waals surface area contributed by atoms with Gasteiger partial charge in [-0.1, -0.05) is 23.7 Å². The lowest BCUT2D eigenvalue weighted by molar-refractivity contribution is -0.0808. The Balaban J connectivity index is 2.02. The summed E-state index contributed by atoms with van der Waals surface area (Å²) in [6.07, 6.45) is 4.23. The predicted molar refractivity (Wildman–Crippen MR) is 71.3 cm³/mol. The van der Waals surface area contributed by atoms with Crippen molar-refractivity contribution in [2.75, 3.05) is 6.61 Å². The number of benzene rings is 1. The molecule has 0 bridgehead atoms. The van der Waals surface area contributed by atoms with E-state index >= 15 is 0 Å². The molecule has 3 heteroatoms. The first kappa shape index (κ1) is 12.9. The molecule has 1 aromatic carbocycles. The van der Waals surface area contributed by atoms with Crippen LogP contribution in [0.5, 0.6) is 0 Å². The molecule has 1 fully saturated rings. The van der Waals surface area contributed by atoms with Crippen molar-refractivity contribution in [2.24, 2.45) is 5.73 Å². The van der Waals surface area contributed by atoms with Gasteiger partial charge in [-0.05, 0) is 50.3 Å². The quantitative estimate of drug-likeness (QED) is 0.898. The van der Waals surface area contributed by atoms with Crippen molar-refractivity contribution in [2.45, 2.75) is 44.2 Å². The van der Waals surface area contributed by atoms with Crippen LogP contribution in [0, 0.1) is 0 Å². The van der Waals surface area contributed by atoms with Gasteiger partial charge in [0.05, 0.1) is 5.60 Å². The normalized spacial score (nSPS) is 26.8. The molecule has 1 saturated heterocycles. The number of ether oxygens (including phenoxy) is 1. The first-order chi connectivity index (χ1) is 8.10. The second kappa shape index (κ2) is 5.38. The first-order valence-electron chi connectivity index (χ1n) is 6.24. The summed E-state index contributed by atoms with van der Waals surface area (Å²) in [5.41, 5.74) is 7.30. The highest BCUT2D eigenvalue weighted by molar-refractivity contribution is 6.30. The number of rotatable bonds is 3. The van der Waals surface area contributed by atoms with E-state index in [0.29, 0.717) is 0 Å². The molecule has 0 radical (unpaired) electrons. The van der Waals surface area contributed by atoms with Gasteiger partial charge < -0.3 is 10.5 Å². The molecule has 2 unspecified atom stereocenters. The van der Waals surface area contributed by atoms with Crippen LogP contribution in [0.3, 0.4) is 0 Å². The van der Waals surface area contributed by atoms with Gasteiger partial charge in [-0.25, -0.2) is 0 Å². The maximum Gasteiger partial charge on any atom is 0.0807 e. The average Bonchev–Trinajstić information content (AvgIpc) is 2.30. The fraction of sp³-hybridized carbons (Fsp3) is 0.571. The van der Waals surface area contributed by atoms with E-state index in [9.17, 15) is 0 Å². The van der Waals surface area contributed by atoms with E-state index in [4.69, 9.17) is 22.1 Å². The number of hydrogen-bond donors (Lipinski definition) is 1. The third-order valence-corrected chi connectivity index (χ3v) is 3.86. The molecule has 1 aromatic rings. The molecule has 1 aliphatic rings. The summed E-state index contributed by atoms with van der Waals surface area (Å²) >= 11 is 5.98. The third-order valence-electron chi connectivity index (χ3n) is 3.63. The minimum atomic E-state index is -0.180. The summed E-state index contributed by atoms with van der Waals surface area (Å²) in [6, 6.07) is 7.93. The van der Waals surface area contributed by atoms with Gasteiger partial charge in [0.2, 0.25) is 0 Å². The average molecular weight is 254 g/mol. The fourth-order valence-electron chi connectivity index (χ4n) is 2.38. The van der Waals surface area contributed by atoms with Crippen LogP contribution in [0.1, 0.15) is 31.7 Å². The molecule has 0 saturated carbocycles. The van der Waals surface area contributed by atoms with E-state index in [1.165, 1.54) is 12.0 Å². The van der Waals surface area contributed by atoms with Crippen molar-refractivity contribution in [3.63, 3.8) is 0 Å². The molecule has 1 aliphatic heterocycles. The van der Waals surface area contributed by atoms with Crippen LogP contribution >= 0.6 is 11.6 Å². The zero-order valence-corrected chi connectivity index (χ0v) is 11.0. The molecule has 94 valence electrons. The van der Waals surface area contributed by atoms with Gasteiger partial charge in [-0.3, -0.25) is 0 Å². The van der Waals surface area contributed by atoms with Gasteiger partial charge in [0.25, 0.3) is 0 Å². The molecule has 0 aromatic heterocycles. The number of halogens is 1. The van der Waals surface area contributed by atoms with Crippen LogP contribution in [0.25, 0.3) is 0 Å². The van der Waals surface area contributed by atoms with Gasteiger partial charge in [0.1, 0.15) is 0 Å². The summed E-state index contributed by atoms with van der Waals surface area (Å²) in [5, 5.41) is 0.768. The van der Waals surface area contributed by atoms with Crippen molar-refractivity contribution in [3.05, 3.63) is 34.9 Å². The highest BCUT2D eigenvalue weighted by Gasteiger charge is 2.34. The summed E-state index contributed by atoms with van der Waals surface area (Å²) in [5.74, 6) is 0. The molecule has 17 heavy (non-hydrogen) atoms. The maximum absolute atomic E-state index is 6.30. The Kier molecular flexibility index (Phi) is 4.08. The molecule has 2 atom stereocenters. The fourth-order valence-corrected chi connectivity index (χ4v) is 2.59. The molecule has 0 aliphatic carbocycles. The van der Waals surface area contributed by atoms with Crippen molar-refractivity contribution in [1.82, 2.24) is 0 Å². The Morgan fingerprint density at radius 2 is 2.29 bits per heavy atom. The lowest BCUT2D eigenvalue weighted by atomic mass is 9.85. The third kappa shape index (κ3) is 3.21. The van der Waals surface area contributed by atoms with E-state index in [-0.39, 0.29) is 11.6 Å². The van der Waals surface area contributed by atoms with Crippen molar-refractivity contribution in [1.29, 1.82) is 0 Å². The Morgan fingerprint density at radius 3 is 2.94 bits per heavy atom. The minimum Gasteiger partial charge on any atom is -0.374 e. The monoisotopic (exact) mass is 253 g/mol. The van der Waals surface area contributed by atoms with E-state index in [0.717, 1.165) is 30.9 Å². The van der Waals surface area contributed by atoms with Crippen molar-refractivity contribution in [3.8, 4) is 0 Å². The topological polar surface area (TPSA) is 35.2 Å². The van der Waals surface area contributed by atoms with E-state index < -0.39 is 0 Å². The van der Waals surface area contributed by atoms with Crippen LogP contribution in [0.4, 0.5) is 0 Å². The molecule has 0 amide bonds.